The van der Waals surface area contributed by atoms with E-state index in [1.54, 1.807) is 0 Å². The Hall–Kier alpha value is 0.170. The van der Waals surface area contributed by atoms with E-state index in [0.717, 1.165) is 17.0 Å². The van der Waals surface area contributed by atoms with Gasteiger partial charge < -0.3 is 5.32 Å². The molecule has 15 heavy (non-hydrogen) atoms. The molecule has 2 rings (SSSR count). The zero-order valence-electron chi connectivity index (χ0n) is 9.53. The monoisotopic (exact) mass is 244 g/mol. The van der Waals surface area contributed by atoms with Crippen LogP contribution in [-0.2, 0) is 0 Å². The van der Waals surface area contributed by atoms with Crippen LogP contribution in [0.2, 0.25) is 0 Å². The van der Waals surface area contributed by atoms with E-state index in [1.807, 2.05) is 23.5 Å². The van der Waals surface area contributed by atoms with Crippen LogP contribution < -0.4 is 5.32 Å². The second kappa shape index (κ2) is 5.48. The van der Waals surface area contributed by atoms with Gasteiger partial charge in [-0.1, -0.05) is 25.1 Å². The summed E-state index contributed by atoms with van der Waals surface area (Å²) in [7, 11) is 0. The fourth-order valence-electron chi connectivity index (χ4n) is 2.24. The van der Waals surface area contributed by atoms with Crippen molar-refractivity contribution in [2.24, 2.45) is 4.99 Å². The van der Waals surface area contributed by atoms with E-state index < -0.39 is 0 Å². The fraction of sp³-hybridized carbons (Fsp3) is 0.909. The van der Waals surface area contributed by atoms with Gasteiger partial charge in [0.25, 0.3) is 0 Å². The number of nitrogens with zero attached hydrogens (tertiary/aromatic N) is 1. The number of rotatable bonds is 3. The summed E-state index contributed by atoms with van der Waals surface area (Å²) in [6, 6.07) is 0.668. The van der Waals surface area contributed by atoms with Gasteiger partial charge in [0.05, 0.1) is 6.54 Å². The van der Waals surface area contributed by atoms with Crippen LogP contribution in [0.25, 0.3) is 0 Å². The summed E-state index contributed by atoms with van der Waals surface area (Å²) in [5.41, 5.74) is 0. The molecule has 1 heterocycles. The smallest absolute Gasteiger partial charge is 0.157 e. The Kier molecular flexibility index (Phi) is 4.26. The van der Waals surface area contributed by atoms with Gasteiger partial charge in [-0.05, 0) is 25.5 Å². The van der Waals surface area contributed by atoms with Crippen LogP contribution in [0.3, 0.4) is 0 Å². The lowest BCUT2D eigenvalue weighted by molar-refractivity contribution is 0.646. The van der Waals surface area contributed by atoms with E-state index in [-0.39, 0.29) is 0 Å². The lowest BCUT2D eigenvalue weighted by Gasteiger charge is -2.20. The highest BCUT2D eigenvalue weighted by Crippen LogP contribution is 2.30. The quantitative estimate of drug-likeness (QED) is 0.826. The number of nitrogens with one attached hydrogen (secondary N) is 1. The Morgan fingerprint density at radius 2 is 2.40 bits per heavy atom. The molecular formula is C11H20N2S2. The molecule has 3 unspecified atom stereocenters. The molecule has 1 N–H and O–H groups in total. The van der Waals surface area contributed by atoms with Gasteiger partial charge >= 0.3 is 0 Å². The molecule has 1 saturated carbocycles. The van der Waals surface area contributed by atoms with E-state index in [0.29, 0.717) is 6.04 Å². The van der Waals surface area contributed by atoms with Crippen molar-refractivity contribution in [1.29, 1.82) is 0 Å². The summed E-state index contributed by atoms with van der Waals surface area (Å²) < 4.78 is 0. The van der Waals surface area contributed by atoms with Gasteiger partial charge in [0.15, 0.2) is 5.17 Å². The molecule has 1 aliphatic heterocycles. The molecule has 1 fully saturated rings. The highest BCUT2D eigenvalue weighted by Gasteiger charge is 2.29. The van der Waals surface area contributed by atoms with E-state index in [4.69, 9.17) is 0 Å². The van der Waals surface area contributed by atoms with Gasteiger partial charge in [-0.25, -0.2) is 0 Å². The first kappa shape index (κ1) is 11.6. The first-order valence-electron chi connectivity index (χ1n) is 5.84. The molecule has 0 radical (unpaired) electrons. The summed E-state index contributed by atoms with van der Waals surface area (Å²) in [4.78, 5) is 4.58. The highest BCUT2D eigenvalue weighted by molar-refractivity contribution is 8.14. The molecule has 2 nitrogen and oxygen atoms in total. The van der Waals surface area contributed by atoms with Crippen LogP contribution in [-0.4, -0.2) is 34.5 Å². The Morgan fingerprint density at radius 3 is 3.07 bits per heavy atom. The first-order chi connectivity index (χ1) is 7.33. The minimum absolute atomic E-state index is 0.668. The van der Waals surface area contributed by atoms with Crippen molar-refractivity contribution in [2.75, 3.05) is 12.8 Å². The van der Waals surface area contributed by atoms with Crippen molar-refractivity contribution in [1.82, 2.24) is 5.32 Å². The number of hydrogen-bond acceptors (Lipinski definition) is 4. The Balaban J connectivity index is 1.82. The minimum Gasteiger partial charge on any atom is -0.361 e. The molecule has 0 aromatic heterocycles. The van der Waals surface area contributed by atoms with Gasteiger partial charge in [-0.15, -0.1) is 0 Å². The zero-order chi connectivity index (χ0) is 10.7. The molecule has 0 aromatic carbocycles. The Labute approximate surface area is 101 Å². The van der Waals surface area contributed by atoms with Gasteiger partial charge in [-0.3, -0.25) is 4.99 Å². The summed E-state index contributed by atoms with van der Waals surface area (Å²) in [5, 5.41) is 6.36. The summed E-state index contributed by atoms with van der Waals surface area (Å²) in [5.74, 6) is 0. The lowest BCUT2D eigenvalue weighted by atomic mass is 10.2. The molecule has 3 atom stereocenters. The Bertz CT molecular complexity index is 243. The zero-order valence-corrected chi connectivity index (χ0v) is 11.2. The molecule has 0 saturated heterocycles. The van der Waals surface area contributed by atoms with Crippen molar-refractivity contribution < 1.29 is 0 Å². The van der Waals surface area contributed by atoms with E-state index in [9.17, 15) is 0 Å². The van der Waals surface area contributed by atoms with Crippen molar-refractivity contribution in [3.8, 4) is 0 Å². The predicted octanol–water partition coefficient (Wildman–Crippen LogP) is 2.74. The third-order valence-electron chi connectivity index (χ3n) is 3.24. The first-order valence-corrected chi connectivity index (χ1v) is 8.00. The van der Waals surface area contributed by atoms with Crippen LogP contribution in [0.15, 0.2) is 4.99 Å². The average Bonchev–Trinajstić information content (AvgIpc) is 2.87. The molecule has 0 spiro atoms. The lowest BCUT2D eigenvalue weighted by Crippen LogP contribution is -2.36. The van der Waals surface area contributed by atoms with Crippen LogP contribution in [0.4, 0.5) is 0 Å². The molecule has 0 bridgehead atoms. The van der Waals surface area contributed by atoms with Gasteiger partial charge in [-0.2, -0.15) is 11.8 Å². The maximum Gasteiger partial charge on any atom is 0.157 e. The Morgan fingerprint density at radius 1 is 1.53 bits per heavy atom. The average molecular weight is 244 g/mol. The maximum absolute atomic E-state index is 4.58. The number of thioether (sulfide) groups is 2. The molecule has 0 amide bonds. The largest absolute Gasteiger partial charge is 0.361 e. The topological polar surface area (TPSA) is 24.4 Å². The SMILES string of the molecule is CCC1CN=C(NC2CCCC2SC)S1. The molecule has 2 aliphatic rings. The number of hydrogen-bond donors (Lipinski definition) is 1. The van der Waals surface area contributed by atoms with E-state index >= 15 is 0 Å². The van der Waals surface area contributed by atoms with E-state index in [1.165, 1.54) is 30.9 Å². The van der Waals surface area contributed by atoms with Crippen LogP contribution in [0, 0.1) is 0 Å². The maximum atomic E-state index is 4.58. The van der Waals surface area contributed by atoms with Crippen molar-refractivity contribution >= 4 is 28.7 Å². The molecule has 0 aromatic rings. The normalized spacial score (nSPS) is 35.6. The second-order valence-corrected chi connectivity index (χ2v) is 6.62. The molecule has 1 aliphatic carbocycles. The predicted molar refractivity (Wildman–Crippen MR) is 72.0 cm³/mol. The standard InChI is InChI=1S/C11H20N2S2/c1-3-8-7-12-11(15-8)13-9-5-4-6-10(9)14-2/h8-10H,3-7H2,1-2H3,(H,12,13). The van der Waals surface area contributed by atoms with Crippen LogP contribution in [0.5, 0.6) is 0 Å². The third kappa shape index (κ3) is 2.84. The molecular weight excluding hydrogens is 224 g/mol. The van der Waals surface area contributed by atoms with Gasteiger partial charge in [0.2, 0.25) is 0 Å². The number of aliphatic imine (C=N–C) groups is 1. The molecule has 4 heteroatoms. The van der Waals surface area contributed by atoms with Crippen LogP contribution >= 0.6 is 23.5 Å². The fourth-order valence-corrected chi connectivity index (χ4v) is 4.18. The minimum atomic E-state index is 0.668. The summed E-state index contributed by atoms with van der Waals surface area (Å²) >= 11 is 3.94. The van der Waals surface area contributed by atoms with Crippen molar-refractivity contribution in [2.45, 2.75) is 49.1 Å². The van der Waals surface area contributed by atoms with E-state index in [2.05, 4.69) is 23.5 Å². The number of amidine groups is 1. The second-order valence-electron chi connectivity index (χ2n) is 4.25. The van der Waals surface area contributed by atoms with Gasteiger partial charge in [0, 0.05) is 16.5 Å². The van der Waals surface area contributed by atoms with Crippen LogP contribution in [0.1, 0.15) is 32.6 Å². The summed E-state index contributed by atoms with van der Waals surface area (Å²) in [6.07, 6.45) is 7.52. The van der Waals surface area contributed by atoms with Crippen molar-refractivity contribution in [3.05, 3.63) is 0 Å². The highest BCUT2D eigenvalue weighted by atomic mass is 32.2. The third-order valence-corrected chi connectivity index (χ3v) is 5.69. The molecule has 86 valence electrons. The van der Waals surface area contributed by atoms with Gasteiger partial charge in [0.1, 0.15) is 0 Å². The summed E-state index contributed by atoms with van der Waals surface area (Å²) in [6.45, 7) is 3.26. The van der Waals surface area contributed by atoms with Crippen molar-refractivity contribution in [3.63, 3.8) is 0 Å².